The molecule has 1 N–H and O–H groups in total. The van der Waals surface area contributed by atoms with E-state index in [0.717, 1.165) is 25.3 Å². The van der Waals surface area contributed by atoms with Crippen LogP contribution < -0.4 is 5.32 Å². The zero-order valence-electron chi connectivity index (χ0n) is 11.6. The predicted octanol–water partition coefficient (Wildman–Crippen LogP) is 3.94. The first-order chi connectivity index (χ1) is 9.24. The van der Waals surface area contributed by atoms with Crippen LogP contribution in [0.15, 0.2) is 22.9 Å². The topological polar surface area (TPSA) is 29.9 Å². The SMILES string of the molecule is CC(C)CCc1cc2n(n1)C(c1ccsc1)CCN2. The highest BCUT2D eigenvalue weighted by Gasteiger charge is 2.23. The van der Waals surface area contributed by atoms with Gasteiger partial charge in [-0.15, -0.1) is 0 Å². The van der Waals surface area contributed by atoms with Crippen molar-refractivity contribution in [3.05, 3.63) is 34.2 Å². The number of aromatic nitrogens is 2. The van der Waals surface area contributed by atoms with E-state index in [4.69, 9.17) is 5.10 Å². The number of rotatable bonds is 4. The molecule has 0 aliphatic carbocycles. The number of hydrogen-bond acceptors (Lipinski definition) is 3. The van der Waals surface area contributed by atoms with Crippen LogP contribution in [-0.2, 0) is 6.42 Å². The second-order valence-electron chi connectivity index (χ2n) is 5.69. The largest absolute Gasteiger partial charge is 0.370 e. The number of aryl methyl sites for hydroxylation is 1. The first kappa shape index (κ1) is 12.7. The minimum absolute atomic E-state index is 0.412. The zero-order valence-corrected chi connectivity index (χ0v) is 12.4. The van der Waals surface area contributed by atoms with Gasteiger partial charge in [0.05, 0.1) is 11.7 Å². The van der Waals surface area contributed by atoms with Gasteiger partial charge in [-0.3, -0.25) is 0 Å². The molecule has 1 aliphatic heterocycles. The molecule has 0 radical (unpaired) electrons. The van der Waals surface area contributed by atoms with E-state index in [0.29, 0.717) is 6.04 Å². The normalized spacial score (nSPS) is 18.4. The molecule has 0 amide bonds. The average molecular weight is 275 g/mol. The van der Waals surface area contributed by atoms with E-state index in [2.05, 4.69) is 46.7 Å². The quantitative estimate of drug-likeness (QED) is 0.916. The molecule has 3 nitrogen and oxygen atoms in total. The molecule has 3 rings (SSSR count). The van der Waals surface area contributed by atoms with Gasteiger partial charge in [-0.25, -0.2) is 4.68 Å². The Labute approximate surface area is 118 Å². The van der Waals surface area contributed by atoms with E-state index in [9.17, 15) is 0 Å². The third-order valence-electron chi connectivity index (χ3n) is 3.71. The van der Waals surface area contributed by atoms with E-state index in [1.807, 2.05) is 0 Å². The van der Waals surface area contributed by atoms with Gasteiger partial charge in [0, 0.05) is 12.6 Å². The summed E-state index contributed by atoms with van der Waals surface area (Å²) in [6.07, 6.45) is 3.41. The van der Waals surface area contributed by atoms with Crippen LogP contribution in [0.5, 0.6) is 0 Å². The zero-order chi connectivity index (χ0) is 13.2. The number of nitrogens with zero attached hydrogens (tertiary/aromatic N) is 2. The fraction of sp³-hybridized carbons (Fsp3) is 0.533. The van der Waals surface area contributed by atoms with Gasteiger partial charge in [0.2, 0.25) is 0 Å². The van der Waals surface area contributed by atoms with Crippen molar-refractivity contribution in [3.63, 3.8) is 0 Å². The third kappa shape index (κ3) is 2.68. The van der Waals surface area contributed by atoms with Gasteiger partial charge in [0.1, 0.15) is 5.82 Å². The van der Waals surface area contributed by atoms with Crippen molar-refractivity contribution in [2.24, 2.45) is 5.92 Å². The molecule has 4 heteroatoms. The molecule has 2 aromatic heterocycles. The molecular weight excluding hydrogens is 254 g/mol. The molecule has 0 saturated heterocycles. The molecule has 0 saturated carbocycles. The Hall–Kier alpha value is -1.29. The number of fused-ring (bicyclic) bond motifs is 1. The minimum Gasteiger partial charge on any atom is -0.370 e. The van der Waals surface area contributed by atoms with Gasteiger partial charge < -0.3 is 5.32 Å². The number of thiophene rings is 1. The van der Waals surface area contributed by atoms with Crippen LogP contribution >= 0.6 is 11.3 Å². The lowest BCUT2D eigenvalue weighted by molar-refractivity contribution is 0.476. The summed E-state index contributed by atoms with van der Waals surface area (Å²) in [5.74, 6) is 1.92. The van der Waals surface area contributed by atoms with Crippen LogP contribution in [0.1, 0.15) is 44.0 Å². The molecule has 1 atom stereocenters. The van der Waals surface area contributed by atoms with Gasteiger partial charge in [-0.2, -0.15) is 16.4 Å². The lowest BCUT2D eigenvalue weighted by Crippen LogP contribution is -2.23. The van der Waals surface area contributed by atoms with Gasteiger partial charge in [0.15, 0.2) is 0 Å². The molecule has 2 aromatic rings. The Morgan fingerprint density at radius 2 is 2.42 bits per heavy atom. The maximum atomic E-state index is 4.82. The Morgan fingerprint density at radius 3 is 3.16 bits per heavy atom. The van der Waals surface area contributed by atoms with Gasteiger partial charge in [0.25, 0.3) is 0 Å². The molecule has 0 aromatic carbocycles. The summed E-state index contributed by atoms with van der Waals surface area (Å²) in [5, 5.41) is 12.7. The van der Waals surface area contributed by atoms with Gasteiger partial charge in [-0.1, -0.05) is 13.8 Å². The van der Waals surface area contributed by atoms with Crippen molar-refractivity contribution in [3.8, 4) is 0 Å². The highest BCUT2D eigenvalue weighted by atomic mass is 32.1. The Kier molecular flexibility index (Phi) is 3.60. The lowest BCUT2D eigenvalue weighted by Gasteiger charge is -2.25. The second-order valence-corrected chi connectivity index (χ2v) is 6.47. The highest BCUT2D eigenvalue weighted by molar-refractivity contribution is 7.07. The molecule has 0 bridgehead atoms. The summed E-state index contributed by atoms with van der Waals surface area (Å²) in [6, 6.07) is 4.86. The molecule has 0 spiro atoms. The monoisotopic (exact) mass is 275 g/mol. The Bertz CT molecular complexity index is 528. The minimum atomic E-state index is 0.412. The smallest absolute Gasteiger partial charge is 0.125 e. The maximum Gasteiger partial charge on any atom is 0.125 e. The van der Waals surface area contributed by atoms with Gasteiger partial charge in [-0.05, 0) is 47.6 Å². The summed E-state index contributed by atoms with van der Waals surface area (Å²) >= 11 is 1.77. The molecular formula is C15H21N3S. The molecule has 102 valence electrons. The van der Waals surface area contributed by atoms with E-state index in [1.54, 1.807) is 11.3 Å². The molecule has 1 unspecified atom stereocenters. The number of nitrogens with one attached hydrogen (secondary N) is 1. The maximum absolute atomic E-state index is 4.82. The number of anilines is 1. The summed E-state index contributed by atoms with van der Waals surface area (Å²) in [5.41, 5.74) is 2.62. The molecule has 19 heavy (non-hydrogen) atoms. The lowest BCUT2D eigenvalue weighted by atomic mass is 10.1. The van der Waals surface area contributed by atoms with Gasteiger partial charge >= 0.3 is 0 Å². The van der Waals surface area contributed by atoms with Crippen LogP contribution in [0.4, 0.5) is 5.82 Å². The second kappa shape index (κ2) is 5.37. The van der Waals surface area contributed by atoms with Crippen LogP contribution in [-0.4, -0.2) is 16.3 Å². The predicted molar refractivity (Wildman–Crippen MR) is 81.0 cm³/mol. The summed E-state index contributed by atoms with van der Waals surface area (Å²) in [6.45, 7) is 5.57. The summed E-state index contributed by atoms with van der Waals surface area (Å²) in [7, 11) is 0. The average Bonchev–Trinajstić information content (AvgIpc) is 3.04. The van der Waals surface area contributed by atoms with Crippen LogP contribution in [0.3, 0.4) is 0 Å². The van der Waals surface area contributed by atoms with Crippen molar-refractivity contribution in [1.29, 1.82) is 0 Å². The van der Waals surface area contributed by atoms with Crippen LogP contribution in [0.25, 0.3) is 0 Å². The Morgan fingerprint density at radius 1 is 1.53 bits per heavy atom. The van der Waals surface area contributed by atoms with E-state index in [1.165, 1.54) is 23.5 Å². The first-order valence-corrected chi connectivity index (χ1v) is 8.02. The highest BCUT2D eigenvalue weighted by Crippen LogP contribution is 2.31. The van der Waals surface area contributed by atoms with Crippen molar-refractivity contribution in [2.45, 2.75) is 39.2 Å². The number of hydrogen-bond donors (Lipinski definition) is 1. The van der Waals surface area contributed by atoms with Crippen molar-refractivity contribution in [1.82, 2.24) is 9.78 Å². The van der Waals surface area contributed by atoms with Crippen molar-refractivity contribution < 1.29 is 0 Å². The summed E-state index contributed by atoms with van der Waals surface area (Å²) < 4.78 is 2.18. The fourth-order valence-electron chi connectivity index (χ4n) is 2.61. The summed E-state index contributed by atoms with van der Waals surface area (Å²) in [4.78, 5) is 0. The molecule has 1 aliphatic rings. The van der Waals surface area contributed by atoms with E-state index < -0.39 is 0 Å². The van der Waals surface area contributed by atoms with Crippen LogP contribution in [0, 0.1) is 5.92 Å². The molecule has 3 heterocycles. The fourth-order valence-corrected chi connectivity index (χ4v) is 3.31. The van der Waals surface area contributed by atoms with Crippen molar-refractivity contribution in [2.75, 3.05) is 11.9 Å². The standard InChI is InChI=1S/C15H21N3S/c1-11(2)3-4-13-9-15-16-7-5-14(18(15)17-13)12-6-8-19-10-12/h6,8-11,14,16H,3-5,7H2,1-2H3. The molecule has 0 fully saturated rings. The van der Waals surface area contributed by atoms with Crippen LogP contribution in [0.2, 0.25) is 0 Å². The van der Waals surface area contributed by atoms with Crippen molar-refractivity contribution >= 4 is 17.2 Å². The Balaban J connectivity index is 1.84. The van der Waals surface area contributed by atoms with E-state index in [-0.39, 0.29) is 0 Å². The third-order valence-corrected chi connectivity index (χ3v) is 4.41. The van der Waals surface area contributed by atoms with E-state index >= 15 is 0 Å². The first-order valence-electron chi connectivity index (χ1n) is 7.08.